The Hall–Kier alpha value is -1.60. The van der Waals surface area contributed by atoms with Crippen molar-refractivity contribution in [2.75, 3.05) is 5.43 Å². The number of nitrogens with zero attached hydrogens (tertiary/aromatic N) is 4. The van der Waals surface area contributed by atoms with Crippen LogP contribution in [0.1, 0.15) is 43.5 Å². The molecule has 2 aliphatic rings. The first-order valence-electron chi connectivity index (χ1n) is 6.90. The zero-order valence-electron chi connectivity index (χ0n) is 11.0. The Kier molecular flexibility index (Phi) is 2.89. The second-order valence-electron chi connectivity index (χ2n) is 5.34. The van der Waals surface area contributed by atoms with E-state index >= 15 is 0 Å². The molecule has 2 fully saturated rings. The van der Waals surface area contributed by atoms with Gasteiger partial charge in [-0.1, -0.05) is 0 Å². The molecule has 0 bridgehead atoms. The zero-order valence-corrected chi connectivity index (χ0v) is 11.8. The SMILES string of the molecule is NNc1cc(Sc2nnc(C3CC3)n2C2CC2)ccn1. The number of hydrogen-bond donors (Lipinski definition) is 2. The largest absolute Gasteiger partial charge is 0.308 e. The molecule has 7 heteroatoms. The quantitative estimate of drug-likeness (QED) is 0.649. The first kappa shape index (κ1) is 12.2. The first-order valence-corrected chi connectivity index (χ1v) is 7.72. The smallest absolute Gasteiger partial charge is 0.196 e. The van der Waals surface area contributed by atoms with Crippen LogP contribution < -0.4 is 11.3 Å². The molecule has 104 valence electrons. The number of anilines is 1. The Balaban J connectivity index is 1.64. The number of hydrogen-bond acceptors (Lipinski definition) is 6. The lowest BCUT2D eigenvalue weighted by molar-refractivity contribution is 0.627. The molecule has 0 spiro atoms. The Labute approximate surface area is 121 Å². The molecule has 0 amide bonds. The average molecular weight is 288 g/mol. The van der Waals surface area contributed by atoms with Gasteiger partial charge in [0.1, 0.15) is 11.6 Å². The fourth-order valence-corrected chi connectivity index (χ4v) is 3.25. The molecule has 0 aromatic carbocycles. The normalized spacial score (nSPS) is 18.2. The molecule has 2 aromatic heterocycles. The summed E-state index contributed by atoms with van der Waals surface area (Å²) >= 11 is 1.63. The molecule has 3 N–H and O–H groups in total. The number of hydrazine groups is 1. The molecule has 2 aromatic rings. The van der Waals surface area contributed by atoms with Crippen molar-refractivity contribution in [3.05, 3.63) is 24.2 Å². The van der Waals surface area contributed by atoms with E-state index in [0.717, 1.165) is 10.1 Å². The van der Waals surface area contributed by atoms with E-state index in [4.69, 9.17) is 5.84 Å². The Morgan fingerprint density at radius 1 is 1.25 bits per heavy atom. The molecule has 0 atom stereocenters. The molecule has 2 aliphatic carbocycles. The van der Waals surface area contributed by atoms with E-state index in [9.17, 15) is 0 Å². The molecule has 0 aliphatic heterocycles. The molecule has 0 saturated heterocycles. The summed E-state index contributed by atoms with van der Waals surface area (Å²) in [6, 6.07) is 4.50. The van der Waals surface area contributed by atoms with Crippen LogP contribution in [0.15, 0.2) is 28.4 Å². The van der Waals surface area contributed by atoms with E-state index < -0.39 is 0 Å². The van der Waals surface area contributed by atoms with Gasteiger partial charge in [0.2, 0.25) is 0 Å². The van der Waals surface area contributed by atoms with Gasteiger partial charge in [0.25, 0.3) is 0 Å². The highest BCUT2D eigenvalue weighted by Crippen LogP contribution is 2.46. The van der Waals surface area contributed by atoms with Gasteiger partial charge in [-0.3, -0.25) is 0 Å². The van der Waals surface area contributed by atoms with Crippen LogP contribution in [-0.2, 0) is 0 Å². The molecule has 0 unspecified atom stereocenters. The van der Waals surface area contributed by atoms with Crippen molar-refractivity contribution in [3.8, 4) is 0 Å². The number of aromatic nitrogens is 4. The molecule has 2 saturated carbocycles. The maximum Gasteiger partial charge on any atom is 0.196 e. The highest BCUT2D eigenvalue weighted by atomic mass is 32.2. The molecule has 20 heavy (non-hydrogen) atoms. The number of nitrogen functional groups attached to an aromatic ring is 1. The van der Waals surface area contributed by atoms with Crippen LogP contribution in [0, 0.1) is 0 Å². The Bertz CT molecular complexity index is 632. The van der Waals surface area contributed by atoms with E-state index in [1.165, 1.54) is 31.5 Å². The van der Waals surface area contributed by atoms with Gasteiger partial charge in [-0.2, -0.15) is 0 Å². The van der Waals surface area contributed by atoms with Crippen LogP contribution in [-0.4, -0.2) is 19.7 Å². The lowest BCUT2D eigenvalue weighted by Crippen LogP contribution is -2.08. The van der Waals surface area contributed by atoms with Crippen LogP contribution >= 0.6 is 11.8 Å². The summed E-state index contributed by atoms with van der Waals surface area (Å²) < 4.78 is 2.35. The Morgan fingerprint density at radius 3 is 2.80 bits per heavy atom. The summed E-state index contributed by atoms with van der Waals surface area (Å²) in [4.78, 5) is 5.19. The second kappa shape index (κ2) is 4.75. The van der Waals surface area contributed by atoms with Crippen LogP contribution in [0.4, 0.5) is 5.82 Å². The number of pyridine rings is 1. The lowest BCUT2D eigenvalue weighted by atomic mass is 10.4. The minimum absolute atomic E-state index is 0.608. The Morgan fingerprint density at radius 2 is 2.10 bits per heavy atom. The maximum absolute atomic E-state index is 5.40. The van der Waals surface area contributed by atoms with Crippen molar-refractivity contribution in [3.63, 3.8) is 0 Å². The molecular formula is C13H16N6S. The lowest BCUT2D eigenvalue weighted by Gasteiger charge is -2.08. The van der Waals surface area contributed by atoms with Crippen molar-refractivity contribution < 1.29 is 0 Å². The van der Waals surface area contributed by atoms with Crippen LogP contribution in [0.3, 0.4) is 0 Å². The second-order valence-corrected chi connectivity index (χ2v) is 6.38. The van der Waals surface area contributed by atoms with Gasteiger partial charge in [-0.15, -0.1) is 10.2 Å². The van der Waals surface area contributed by atoms with Gasteiger partial charge in [0.15, 0.2) is 5.16 Å². The first-order chi connectivity index (χ1) is 9.85. The summed E-state index contributed by atoms with van der Waals surface area (Å²) in [6.45, 7) is 0. The summed E-state index contributed by atoms with van der Waals surface area (Å²) in [5.41, 5.74) is 2.57. The van der Waals surface area contributed by atoms with E-state index in [-0.39, 0.29) is 0 Å². The summed E-state index contributed by atoms with van der Waals surface area (Å²) in [5.74, 6) is 7.88. The van der Waals surface area contributed by atoms with Crippen molar-refractivity contribution >= 4 is 17.6 Å². The van der Waals surface area contributed by atoms with Crippen molar-refractivity contribution in [1.29, 1.82) is 0 Å². The third-order valence-electron chi connectivity index (χ3n) is 3.63. The van der Waals surface area contributed by atoms with E-state index in [1.54, 1.807) is 18.0 Å². The predicted octanol–water partition coefficient (Wildman–Crippen LogP) is 2.32. The minimum Gasteiger partial charge on any atom is -0.308 e. The fraction of sp³-hybridized carbons (Fsp3) is 0.462. The van der Waals surface area contributed by atoms with Crippen molar-refractivity contribution in [1.82, 2.24) is 19.7 Å². The summed E-state index contributed by atoms with van der Waals surface area (Å²) in [6.07, 6.45) is 6.75. The van der Waals surface area contributed by atoms with Gasteiger partial charge >= 0.3 is 0 Å². The monoisotopic (exact) mass is 288 g/mol. The molecule has 0 radical (unpaired) electrons. The average Bonchev–Trinajstić information content (AvgIpc) is 3.38. The van der Waals surface area contributed by atoms with Gasteiger partial charge in [-0.05, 0) is 49.6 Å². The van der Waals surface area contributed by atoms with E-state index in [0.29, 0.717) is 17.8 Å². The van der Waals surface area contributed by atoms with Gasteiger partial charge in [0, 0.05) is 23.1 Å². The van der Waals surface area contributed by atoms with Gasteiger partial charge in [0.05, 0.1) is 0 Å². The number of nitrogens with two attached hydrogens (primary N) is 1. The van der Waals surface area contributed by atoms with Crippen LogP contribution in [0.25, 0.3) is 0 Å². The standard InChI is InChI=1S/C13H16N6S/c14-16-11-7-10(5-6-15-11)20-13-18-17-12(8-1-2-8)19(13)9-3-4-9/h5-9H,1-4,14H2,(H,15,16). The summed E-state index contributed by atoms with van der Waals surface area (Å²) in [5, 5.41) is 9.80. The minimum atomic E-state index is 0.608. The van der Waals surface area contributed by atoms with Crippen molar-refractivity contribution in [2.45, 2.75) is 47.7 Å². The predicted molar refractivity (Wildman–Crippen MR) is 76.4 cm³/mol. The molecule has 2 heterocycles. The molecule has 6 nitrogen and oxygen atoms in total. The molecular weight excluding hydrogens is 272 g/mol. The zero-order chi connectivity index (χ0) is 13.5. The fourth-order valence-electron chi connectivity index (χ4n) is 2.31. The third-order valence-corrected chi connectivity index (χ3v) is 4.58. The van der Waals surface area contributed by atoms with Crippen molar-refractivity contribution in [2.24, 2.45) is 5.84 Å². The van der Waals surface area contributed by atoms with Gasteiger partial charge < -0.3 is 9.99 Å². The highest BCUT2D eigenvalue weighted by molar-refractivity contribution is 7.99. The molecule has 4 rings (SSSR count). The maximum atomic E-state index is 5.40. The van der Waals surface area contributed by atoms with E-state index in [2.05, 4.69) is 25.2 Å². The van der Waals surface area contributed by atoms with E-state index in [1.807, 2.05) is 12.1 Å². The van der Waals surface area contributed by atoms with Gasteiger partial charge in [-0.25, -0.2) is 10.8 Å². The highest BCUT2D eigenvalue weighted by Gasteiger charge is 2.36. The summed E-state index contributed by atoms with van der Waals surface area (Å²) in [7, 11) is 0. The number of rotatable bonds is 5. The number of nitrogens with one attached hydrogen (secondary N) is 1. The topological polar surface area (TPSA) is 81.6 Å². The van der Waals surface area contributed by atoms with Crippen LogP contribution in [0.2, 0.25) is 0 Å². The van der Waals surface area contributed by atoms with Crippen LogP contribution in [0.5, 0.6) is 0 Å². The third kappa shape index (κ3) is 2.27.